The fourth-order valence-corrected chi connectivity index (χ4v) is 5.57. The second-order valence-corrected chi connectivity index (χ2v) is 11.0. The molecule has 1 aliphatic heterocycles. The van der Waals surface area contributed by atoms with Crippen LogP contribution in [-0.4, -0.2) is 35.7 Å². The summed E-state index contributed by atoms with van der Waals surface area (Å²) in [5, 5.41) is 7.56. The average molecular weight is 616 g/mol. The van der Waals surface area contributed by atoms with Crippen molar-refractivity contribution >= 4 is 55.7 Å². The van der Waals surface area contributed by atoms with Crippen LogP contribution in [0, 0.1) is 0 Å². The number of halogens is 2. The molecule has 1 atom stereocenters. The van der Waals surface area contributed by atoms with Crippen LogP contribution in [0.15, 0.2) is 104 Å². The van der Waals surface area contributed by atoms with Gasteiger partial charge in [-0.2, -0.15) is 5.10 Å². The van der Waals surface area contributed by atoms with E-state index in [2.05, 4.69) is 20.9 Å². The van der Waals surface area contributed by atoms with Gasteiger partial charge in [-0.3, -0.25) is 9.59 Å². The molecule has 5 aromatic rings. The summed E-state index contributed by atoms with van der Waals surface area (Å²) in [5.74, 6) is -0.252. The molecule has 1 amide bonds. The van der Waals surface area contributed by atoms with Crippen LogP contribution in [0.1, 0.15) is 34.1 Å². The maximum atomic E-state index is 13.7. The zero-order chi connectivity index (χ0) is 28.0. The minimum Gasteiger partial charge on any atom is -0.444 e. The van der Waals surface area contributed by atoms with E-state index in [4.69, 9.17) is 21.1 Å². The van der Waals surface area contributed by atoms with Crippen LogP contribution in [-0.2, 0) is 0 Å². The largest absolute Gasteiger partial charge is 0.444 e. The molecule has 200 valence electrons. The van der Waals surface area contributed by atoms with E-state index < -0.39 is 11.9 Å². The molecule has 6 rings (SSSR count). The molecule has 0 bridgehead atoms. The number of H-pyrrole nitrogens is 1. The number of carbonyl (C=O) groups excluding carboxylic acids is 1. The molecular weight excluding hydrogens is 592 g/mol. The highest BCUT2D eigenvalue weighted by molar-refractivity contribution is 9.10. The van der Waals surface area contributed by atoms with Gasteiger partial charge in [-0.15, -0.1) is 0 Å². The Morgan fingerprint density at radius 1 is 1.02 bits per heavy atom. The number of amides is 1. The average Bonchev–Trinajstić information content (AvgIpc) is 3.59. The Bertz CT molecular complexity index is 1830. The molecule has 7 nitrogen and oxygen atoms in total. The predicted octanol–water partition coefficient (Wildman–Crippen LogP) is 7.26. The Balaban J connectivity index is 1.54. The van der Waals surface area contributed by atoms with Crippen molar-refractivity contribution < 1.29 is 9.21 Å². The SMILES string of the molecule is CN(C)c1ccc([C@H]2CC(c3c(-c4ccccc4)c4cc(Cl)ccc4[nH]c3=O)=NN2C(=O)c2ccc(Br)o2)cc1. The van der Waals surface area contributed by atoms with Crippen molar-refractivity contribution in [3.8, 4) is 11.1 Å². The maximum Gasteiger partial charge on any atom is 0.310 e. The lowest BCUT2D eigenvalue weighted by Gasteiger charge is -2.22. The zero-order valence-electron chi connectivity index (χ0n) is 21.7. The van der Waals surface area contributed by atoms with E-state index >= 15 is 0 Å². The highest BCUT2D eigenvalue weighted by atomic mass is 79.9. The summed E-state index contributed by atoms with van der Waals surface area (Å²) in [4.78, 5) is 32.4. The second kappa shape index (κ2) is 10.4. The Kier molecular flexibility index (Phi) is 6.82. The summed E-state index contributed by atoms with van der Waals surface area (Å²) in [5.41, 5.74) is 4.79. The van der Waals surface area contributed by atoms with Gasteiger partial charge in [0, 0.05) is 47.7 Å². The fraction of sp³-hybridized carbons (Fsp3) is 0.129. The first-order chi connectivity index (χ1) is 19.3. The zero-order valence-corrected chi connectivity index (χ0v) is 24.0. The molecule has 2 aromatic heterocycles. The highest BCUT2D eigenvalue weighted by Crippen LogP contribution is 2.38. The van der Waals surface area contributed by atoms with Gasteiger partial charge in [0.05, 0.1) is 17.3 Å². The molecule has 0 radical (unpaired) electrons. The maximum absolute atomic E-state index is 13.7. The van der Waals surface area contributed by atoms with Crippen LogP contribution in [0.2, 0.25) is 5.02 Å². The summed E-state index contributed by atoms with van der Waals surface area (Å²) in [6.45, 7) is 0. The number of hydrogen-bond donors (Lipinski definition) is 1. The van der Waals surface area contributed by atoms with E-state index in [1.807, 2.05) is 79.7 Å². The minimum absolute atomic E-state index is 0.147. The van der Waals surface area contributed by atoms with Gasteiger partial charge in [0.1, 0.15) is 0 Å². The molecule has 0 fully saturated rings. The van der Waals surface area contributed by atoms with E-state index in [1.165, 1.54) is 5.01 Å². The highest BCUT2D eigenvalue weighted by Gasteiger charge is 2.37. The van der Waals surface area contributed by atoms with E-state index in [9.17, 15) is 9.59 Å². The van der Waals surface area contributed by atoms with Gasteiger partial charge in [-0.1, -0.05) is 54.1 Å². The lowest BCUT2D eigenvalue weighted by molar-refractivity contribution is 0.0677. The molecule has 3 heterocycles. The Hall–Kier alpha value is -4.14. The van der Waals surface area contributed by atoms with Crippen molar-refractivity contribution in [1.82, 2.24) is 9.99 Å². The topological polar surface area (TPSA) is 81.9 Å². The van der Waals surface area contributed by atoms with Crippen LogP contribution < -0.4 is 10.5 Å². The van der Waals surface area contributed by atoms with Crippen molar-refractivity contribution in [3.63, 3.8) is 0 Å². The fourth-order valence-electron chi connectivity index (χ4n) is 5.09. The first-order valence-electron chi connectivity index (χ1n) is 12.6. The Labute approximate surface area is 243 Å². The molecular formula is C31H24BrClN4O3. The van der Waals surface area contributed by atoms with Crippen molar-refractivity contribution in [2.45, 2.75) is 12.5 Å². The number of anilines is 1. The molecule has 9 heteroatoms. The van der Waals surface area contributed by atoms with Crippen molar-refractivity contribution in [2.24, 2.45) is 5.10 Å². The van der Waals surface area contributed by atoms with Gasteiger partial charge in [-0.05, 0) is 69.5 Å². The van der Waals surface area contributed by atoms with Crippen molar-refractivity contribution in [2.75, 3.05) is 19.0 Å². The molecule has 0 unspecified atom stereocenters. The summed E-state index contributed by atoms with van der Waals surface area (Å²) < 4.78 is 6.03. The van der Waals surface area contributed by atoms with E-state index in [0.717, 1.165) is 27.8 Å². The Morgan fingerprint density at radius 3 is 2.45 bits per heavy atom. The molecule has 0 aliphatic carbocycles. The molecule has 0 spiro atoms. The van der Waals surface area contributed by atoms with Crippen LogP contribution >= 0.6 is 27.5 Å². The van der Waals surface area contributed by atoms with Crippen LogP contribution in [0.3, 0.4) is 0 Å². The number of furan rings is 1. The van der Waals surface area contributed by atoms with E-state index in [0.29, 0.717) is 32.9 Å². The van der Waals surface area contributed by atoms with Crippen LogP contribution in [0.4, 0.5) is 5.69 Å². The number of nitrogens with one attached hydrogen (secondary N) is 1. The van der Waals surface area contributed by atoms with Gasteiger partial charge in [0.15, 0.2) is 10.4 Å². The van der Waals surface area contributed by atoms with Crippen LogP contribution in [0.25, 0.3) is 22.0 Å². The molecule has 1 N–H and O–H groups in total. The van der Waals surface area contributed by atoms with E-state index in [1.54, 1.807) is 24.3 Å². The quantitative estimate of drug-likeness (QED) is 0.226. The van der Waals surface area contributed by atoms with Gasteiger partial charge >= 0.3 is 5.91 Å². The number of hydrogen-bond acceptors (Lipinski definition) is 5. The number of fused-ring (bicyclic) bond motifs is 1. The number of pyridine rings is 1. The number of hydrazone groups is 1. The summed E-state index contributed by atoms with van der Waals surface area (Å²) in [6, 6.07) is 25.9. The monoisotopic (exact) mass is 614 g/mol. The summed E-state index contributed by atoms with van der Waals surface area (Å²) >= 11 is 9.69. The number of aromatic nitrogens is 1. The second-order valence-electron chi connectivity index (χ2n) is 9.77. The number of carbonyl (C=O) groups is 1. The van der Waals surface area contributed by atoms with Gasteiger partial charge in [0.25, 0.3) is 5.56 Å². The molecule has 1 aliphatic rings. The van der Waals surface area contributed by atoms with Gasteiger partial charge in [0.2, 0.25) is 0 Å². The molecule has 0 saturated carbocycles. The number of benzene rings is 3. The normalized spacial score (nSPS) is 14.9. The molecule has 0 saturated heterocycles. The molecule has 3 aromatic carbocycles. The smallest absolute Gasteiger partial charge is 0.310 e. The third-order valence-corrected chi connectivity index (χ3v) is 7.69. The van der Waals surface area contributed by atoms with Crippen molar-refractivity contribution in [3.05, 3.63) is 122 Å². The minimum atomic E-state index is -0.444. The lowest BCUT2D eigenvalue weighted by atomic mass is 9.91. The van der Waals surface area contributed by atoms with Crippen molar-refractivity contribution in [1.29, 1.82) is 0 Å². The van der Waals surface area contributed by atoms with Crippen LogP contribution in [0.5, 0.6) is 0 Å². The number of rotatable bonds is 5. The Morgan fingerprint density at radius 2 is 1.77 bits per heavy atom. The first kappa shape index (κ1) is 26.1. The van der Waals surface area contributed by atoms with E-state index in [-0.39, 0.29) is 11.3 Å². The standard InChI is InChI=1S/C31H24BrClN4O3/c1-36(2)21-11-8-18(9-12-21)25-17-24(35-37(25)31(39)26-14-15-27(32)40-26)29-28(19-6-4-3-5-7-19)22-16-20(33)10-13-23(22)34-30(29)38/h3-16,25H,17H2,1-2H3,(H,34,38)/t25-/m1/s1. The third-order valence-electron chi connectivity index (χ3n) is 7.02. The summed E-state index contributed by atoms with van der Waals surface area (Å²) in [6.07, 6.45) is 0.337. The number of nitrogens with zero attached hydrogens (tertiary/aromatic N) is 3. The van der Waals surface area contributed by atoms with Gasteiger partial charge in [-0.25, -0.2) is 5.01 Å². The van der Waals surface area contributed by atoms with Gasteiger partial charge < -0.3 is 14.3 Å². The molecule has 40 heavy (non-hydrogen) atoms. The third kappa shape index (κ3) is 4.74. The predicted molar refractivity (Wildman–Crippen MR) is 162 cm³/mol. The first-order valence-corrected chi connectivity index (χ1v) is 13.8. The summed E-state index contributed by atoms with van der Waals surface area (Å²) in [7, 11) is 3.94. The lowest BCUT2D eigenvalue weighted by Crippen LogP contribution is -2.26. The number of aromatic amines is 1.